The summed E-state index contributed by atoms with van der Waals surface area (Å²) < 4.78 is 5.56. The fraction of sp³-hybridized carbons (Fsp3) is 0.778. The van der Waals surface area contributed by atoms with Crippen LogP contribution in [0, 0.1) is 19.8 Å². The third-order valence-electron chi connectivity index (χ3n) is 3.79. The Morgan fingerprint density at radius 3 is 2.48 bits per heavy atom. The van der Waals surface area contributed by atoms with E-state index in [2.05, 4.69) is 41.4 Å². The SMILES string of the molecule is CCNC(=NCc1nc(C)c(C)o1)NCCCCCCC(C)C. The number of guanidine groups is 1. The fourth-order valence-electron chi connectivity index (χ4n) is 2.33. The monoisotopic (exact) mass is 322 g/mol. The van der Waals surface area contributed by atoms with Crippen molar-refractivity contribution >= 4 is 5.96 Å². The summed E-state index contributed by atoms with van der Waals surface area (Å²) in [6, 6.07) is 0. The lowest BCUT2D eigenvalue weighted by molar-refractivity contribution is 0.472. The Bertz CT molecular complexity index is 446. The lowest BCUT2D eigenvalue weighted by Crippen LogP contribution is -2.37. The van der Waals surface area contributed by atoms with Crippen molar-refractivity contribution in [3.8, 4) is 0 Å². The molecule has 0 radical (unpaired) electrons. The first-order chi connectivity index (χ1) is 11.0. The Labute approximate surface area is 141 Å². The molecule has 0 fully saturated rings. The normalized spacial score (nSPS) is 12.0. The molecule has 0 unspecified atom stereocenters. The second-order valence-electron chi connectivity index (χ2n) is 6.47. The summed E-state index contributed by atoms with van der Waals surface area (Å²) in [5, 5.41) is 6.64. The highest BCUT2D eigenvalue weighted by Gasteiger charge is 2.05. The van der Waals surface area contributed by atoms with E-state index in [1.54, 1.807) is 0 Å². The molecule has 0 saturated heterocycles. The molecular weight excluding hydrogens is 288 g/mol. The van der Waals surface area contributed by atoms with Gasteiger partial charge in [-0.2, -0.15) is 0 Å². The molecule has 0 aromatic carbocycles. The van der Waals surface area contributed by atoms with Gasteiger partial charge in [0.1, 0.15) is 12.3 Å². The second-order valence-corrected chi connectivity index (χ2v) is 6.47. The summed E-state index contributed by atoms with van der Waals surface area (Å²) in [5.41, 5.74) is 0.939. The number of oxazole rings is 1. The van der Waals surface area contributed by atoms with Gasteiger partial charge in [0, 0.05) is 13.1 Å². The summed E-state index contributed by atoms with van der Waals surface area (Å²) in [5.74, 6) is 3.20. The van der Waals surface area contributed by atoms with Gasteiger partial charge in [-0.25, -0.2) is 9.98 Å². The number of hydrogen-bond donors (Lipinski definition) is 2. The number of aromatic nitrogens is 1. The predicted molar refractivity (Wildman–Crippen MR) is 96.7 cm³/mol. The van der Waals surface area contributed by atoms with Crippen LogP contribution >= 0.6 is 0 Å². The summed E-state index contributed by atoms with van der Waals surface area (Å²) in [4.78, 5) is 8.89. The average Bonchev–Trinajstić information content (AvgIpc) is 2.82. The maximum Gasteiger partial charge on any atom is 0.216 e. The van der Waals surface area contributed by atoms with Crippen LogP contribution in [0.2, 0.25) is 0 Å². The lowest BCUT2D eigenvalue weighted by atomic mass is 10.0. The third kappa shape index (κ3) is 8.62. The number of unbranched alkanes of at least 4 members (excludes halogenated alkanes) is 3. The number of rotatable bonds is 10. The molecule has 23 heavy (non-hydrogen) atoms. The standard InChI is InChI=1S/C18H34N4O/c1-6-19-18(20-12-10-8-7-9-11-14(2)3)21-13-17-22-15(4)16(5)23-17/h14H,6-13H2,1-5H3,(H2,19,20,21). The Morgan fingerprint density at radius 1 is 1.13 bits per heavy atom. The summed E-state index contributed by atoms with van der Waals surface area (Å²) in [7, 11) is 0. The van der Waals surface area contributed by atoms with Crippen LogP contribution in [0.1, 0.15) is 70.2 Å². The van der Waals surface area contributed by atoms with Gasteiger partial charge in [0.15, 0.2) is 5.96 Å². The number of aliphatic imine (C=N–C) groups is 1. The van der Waals surface area contributed by atoms with Crippen LogP contribution in [-0.4, -0.2) is 24.0 Å². The smallest absolute Gasteiger partial charge is 0.216 e. The van der Waals surface area contributed by atoms with Gasteiger partial charge in [0.25, 0.3) is 0 Å². The molecule has 5 heteroatoms. The van der Waals surface area contributed by atoms with Crippen molar-refractivity contribution in [2.75, 3.05) is 13.1 Å². The summed E-state index contributed by atoms with van der Waals surface area (Å²) in [6.07, 6.45) is 6.46. The molecule has 0 aliphatic carbocycles. The zero-order valence-electron chi connectivity index (χ0n) is 15.5. The van der Waals surface area contributed by atoms with E-state index in [4.69, 9.17) is 4.42 Å². The van der Waals surface area contributed by atoms with E-state index in [0.717, 1.165) is 36.4 Å². The highest BCUT2D eigenvalue weighted by Crippen LogP contribution is 2.10. The van der Waals surface area contributed by atoms with Gasteiger partial charge in [-0.1, -0.05) is 39.5 Å². The topological polar surface area (TPSA) is 62.5 Å². The zero-order valence-corrected chi connectivity index (χ0v) is 15.5. The molecule has 1 aromatic heterocycles. The molecule has 1 heterocycles. The van der Waals surface area contributed by atoms with Crippen LogP contribution in [0.4, 0.5) is 0 Å². The molecule has 0 atom stereocenters. The molecule has 2 N–H and O–H groups in total. The minimum Gasteiger partial charge on any atom is -0.444 e. The molecule has 0 aliphatic heterocycles. The number of nitrogens with zero attached hydrogens (tertiary/aromatic N) is 2. The molecule has 0 amide bonds. The molecule has 0 saturated carbocycles. The van der Waals surface area contributed by atoms with E-state index in [1.165, 1.54) is 32.1 Å². The molecule has 132 valence electrons. The number of hydrogen-bond acceptors (Lipinski definition) is 3. The number of nitrogens with one attached hydrogen (secondary N) is 2. The van der Waals surface area contributed by atoms with Crippen LogP contribution in [0.15, 0.2) is 9.41 Å². The van der Waals surface area contributed by atoms with E-state index < -0.39 is 0 Å². The Hall–Kier alpha value is -1.52. The zero-order chi connectivity index (χ0) is 17.1. The van der Waals surface area contributed by atoms with Crippen LogP contribution in [-0.2, 0) is 6.54 Å². The van der Waals surface area contributed by atoms with Gasteiger partial charge < -0.3 is 15.1 Å². The Kier molecular flexibility index (Phi) is 9.41. The minimum atomic E-state index is 0.471. The maximum atomic E-state index is 5.56. The molecule has 5 nitrogen and oxygen atoms in total. The van der Waals surface area contributed by atoms with E-state index in [1.807, 2.05) is 13.8 Å². The second kappa shape index (κ2) is 11.1. The summed E-state index contributed by atoms with van der Waals surface area (Å²) >= 11 is 0. The first-order valence-electron chi connectivity index (χ1n) is 8.98. The van der Waals surface area contributed by atoms with Crippen molar-refractivity contribution in [3.05, 3.63) is 17.3 Å². The van der Waals surface area contributed by atoms with Crippen molar-refractivity contribution in [2.24, 2.45) is 10.9 Å². The predicted octanol–water partition coefficient (Wildman–Crippen LogP) is 3.95. The highest BCUT2D eigenvalue weighted by atomic mass is 16.4. The summed E-state index contributed by atoms with van der Waals surface area (Å²) in [6.45, 7) is 12.8. The van der Waals surface area contributed by atoms with Crippen LogP contribution in [0.25, 0.3) is 0 Å². The first-order valence-corrected chi connectivity index (χ1v) is 8.98. The molecule has 0 aliphatic rings. The van der Waals surface area contributed by atoms with Crippen molar-refractivity contribution in [2.45, 2.75) is 73.3 Å². The largest absolute Gasteiger partial charge is 0.444 e. The first kappa shape index (κ1) is 19.5. The minimum absolute atomic E-state index is 0.471. The highest BCUT2D eigenvalue weighted by molar-refractivity contribution is 5.79. The van der Waals surface area contributed by atoms with Gasteiger partial charge in [0.05, 0.1) is 5.69 Å². The van der Waals surface area contributed by atoms with E-state index >= 15 is 0 Å². The maximum absolute atomic E-state index is 5.56. The van der Waals surface area contributed by atoms with Gasteiger partial charge in [0.2, 0.25) is 5.89 Å². The molecule has 1 aromatic rings. The van der Waals surface area contributed by atoms with Crippen molar-refractivity contribution < 1.29 is 4.42 Å². The van der Waals surface area contributed by atoms with Gasteiger partial charge in [-0.15, -0.1) is 0 Å². The average molecular weight is 322 g/mol. The lowest BCUT2D eigenvalue weighted by Gasteiger charge is -2.11. The van der Waals surface area contributed by atoms with Gasteiger partial charge in [-0.3, -0.25) is 0 Å². The quantitative estimate of drug-likeness (QED) is 0.389. The number of aryl methyl sites for hydroxylation is 2. The van der Waals surface area contributed by atoms with E-state index in [-0.39, 0.29) is 0 Å². The van der Waals surface area contributed by atoms with Crippen LogP contribution in [0.3, 0.4) is 0 Å². The van der Waals surface area contributed by atoms with Gasteiger partial charge in [-0.05, 0) is 33.1 Å². The molecule has 0 spiro atoms. The molecule has 1 rings (SSSR count). The molecule has 0 bridgehead atoms. The van der Waals surface area contributed by atoms with Crippen molar-refractivity contribution in [1.29, 1.82) is 0 Å². The van der Waals surface area contributed by atoms with Gasteiger partial charge >= 0.3 is 0 Å². The van der Waals surface area contributed by atoms with Crippen LogP contribution in [0.5, 0.6) is 0 Å². The van der Waals surface area contributed by atoms with Crippen molar-refractivity contribution in [1.82, 2.24) is 15.6 Å². The Morgan fingerprint density at radius 2 is 1.87 bits per heavy atom. The van der Waals surface area contributed by atoms with E-state index in [0.29, 0.717) is 12.4 Å². The Balaban J connectivity index is 2.27. The fourth-order valence-corrected chi connectivity index (χ4v) is 2.33. The molecular formula is C18H34N4O. The van der Waals surface area contributed by atoms with E-state index in [9.17, 15) is 0 Å². The van der Waals surface area contributed by atoms with Crippen LogP contribution < -0.4 is 10.6 Å². The van der Waals surface area contributed by atoms with Crippen molar-refractivity contribution in [3.63, 3.8) is 0 Å². The third-order valence-corrected chi connectivity index (χ3v) is 3.79.